The minimum Gasteiger partial charge on any atom is -0.314 e. The maximum absolute atomic E-state index is 11.5. The summed E-state index contributed by atoms with van der Waals surface area (Å²) in [5.41, 5.74) is 0. The average Bonchev–Trinajstić information content (AvgIpc) is 2.81. The minimum atomic E-state index is -0.728. The van der Waals surface area contributed by atoms with E-state index in [1.165, 1.54) is 6.34 Å². The third-order valence-corrected chi connectivity index (χ3v) is 2.64. The molecule has 10 heteroatoms. The molecular formula is C9H11Cl2N7O. The monoisotopic (exact) mass is 303 g/mol. The Morgan fingerprint density at radius 3 is 2.74 bits per heavy atom. The number of aliphatic imine (C=N–C) groups is 3. The Kier molecular flexibility index (Phi) is 4.80. The third-order valence-electron chi connectivity index (χ3n) is 2.30. The van der Waals surface area contributed by atoms with Crippen LogP contribution in [0.2, 0.25) is 0 Å². The van der Waals surface area contributed by atoms with E-state index in [9.17, 15) is 4.79 Å². The molecule has 1 amide bonds. The fraction of sp³-hybridized carbons (Fsp3) is 0.556. The summed E-state index contributed by atoms with van der Waals surface area (Å²) in [5.74, 6) is 0.970. The Hall–Kier alpha value is -1.54. The first-order valence-corrected chi connectivity index (χ1v) is 6.59. The lowest BCUT2D eigenvalue weighted by Gasteiger charge is -2.13. The van der Waals surface area contributed by atoms with Gasteiger partial charge >= 0.3 is 0 Å². The van der Waals surface area contributed by atoms with Gasteiger partial charge in [-0.3, -0.25) is 9.80 Å². The molecule has 1 unspecified atom stereocenters. The summed E-state index contributed by atoms with van der Waals surface area (Å²) in [6, 6.07) is -0.728. The number of carbonyl (C=O) groups is 1. The molecule has 0 aliphatic carbocycles. The molecule has 0 saturated carbocycles. The molecule has 2 heterocycles. The minimum absolute atomic E-state index is 0.114. The predicted octanol–water partition coefficient (Wildman–Crippen LogP) is 0.428. The van der Waals surface area contributed by atoms with Crippen molar-refractivity contribution in [2.24, 2.45) is 25.3 Å². The normalized spacial score (nSPS) is 21.2. The first-order valence-electron chi connectivity index (χ1n) is 5.52. The van der Waals surface area contributed by atoms with Crippen LogP contribution in [0.1, 0.15) is 0 Å². The Labute approximate surface area is 119 Å². The second-order valence-corrected chi connectivity index (χ2v) is 4.35. The summed E-state index contributed by atoms with van der Waals surface area (Å²) in [4.78, 5) is 23.4. The van der Waals surface area contributed by atoms with Crippen molar-refractivity contribution in [1.29, 1.82) is 0 Å². The van der Waals surface area contributed by atoms with Crippen molar-refractivity contribution < 1.29 is 4.79 Å². The van der Waals surface area contributed by atoms with Crippen molar-refractivity contribution in [2.75, 3.05) is 24.8 Å². The van der Waals surface area contributed by atoms with E-state index < -0.39 is 6.04 Å². The van der Waals surface area contributed by atoms with Crippen LogP contribution in [0.5, 0.6) is 0 Å². The predicted molar refractivity (Wildman–Crippen MR) is 73.2 cm³/mol. The molecule has 102 valence electrons. The fourth-order valence-electron chi connectivity index (χ4n) is 1.43. The molecule has 2 rings (SSSR count). The highest BCUT2D eigenvalue weighted by atomic mass is 35.5. The summed E-state index contributed by atoms with van der Waals surface area (Å²) in [5, 5.41) is 11.8. The second-order valence-electron chi connectivity index (χ2n) is 3.59. The topological polar surface area (TPSA) is 94.1 Å². The number of alkyl halides is 2. The Morgan fingerprint density at radius 1 is 1.37 bits per heavy atom. The highest BCUT2D eigenvalue weighted by molar-refractivity contribution is 6.21. The Bertz CT molecular complexity index is 467. The molecule has 1 atom stereocenters. The molecule has 19 heavy (non-hydrogen) atoms. The van der Waals surface area contributed by atoms with Crippen LogP contribution in [0.3, 0.4) is 0 Å². The summed E-state index contributed by atoms with van der Waals surface area (Å²) >= 11 is 11.3. The largest absolute Gasteiger partial charge is 0.314 e. The van der Waals surface area contributed by atoms with Crippen LogP contribution in [0.25, 0.3) is 0 Å². The van der Waals surface area contributed by atoms with Gasteiger partial charge in [-0.15, -0.1) is 23.2 Å². The van der Waals surface area contributed by atoms with E-state index in [0.717, 1.165) is 0 Å². The summed E-state index contributed by atoms with van der Waals surface area (Å²) in [6.45, 7) is 1.04. The van der Waals surface area contributed by atoms with Gasteiger partial charge in [-0.05, 0) is 0 Å². The van der Waals surface area contributed by atoms with Crippen LogP contribution in [0.4, 0.5) is 0 Å². The molecule has 0 radical (unpaired) electrons. The van der Waals surface area contributed by atoms with Crippen molar-refractivity contribution in [3.63, 3.8) is 0 Å². The van der Waals surface area contributed by atoms with Gasteiger partial charge in [0.1, 0.15) is 0 Å². The van der Waals surface area contributed by atoms with Crippen LogP contribution in [0, 0.1) is 0 Å². The molecule has 0 saturated heterocycles. The smallest absolute Gasteiger partial charge is 0.269 e. The number of guanidine groups is 1. The number of fused-ring (bicyclic) bond motifs is 1. The maximum Gasteiger partial charge on any atom is 0.269 e. The molecule has 0 bridgehead atoms. The van der Waals surface area contributed by atoms with Gasteiger partial charge in [-0.25, -0.2) is 9.98 Å². The van der Waals surface area contributed by atoms with Crippen LogP contribution < -0.4 is 5.32 Å². The van der Waals surface area contributed by atoms with Gasteiger partial charge in [0.15, 0.2) is 11.9 Å². The van der Waals surface area contributed by atoms with Gasteiger partial charge in [0.2, 0.25) is 0 Å². The van der Waals surface area contributed by atoms with E-state index in [-0.39, 0.29) is 11.9 Å². The zero-order chi connectivity index (χ0) is 13.7. The lowest BCUT2D eigenvalue weighted by atomic mass is 10.2. The lowest BCUT2D eigenvalue weighted by molar-refractivity contribution is -0.119. The number of hydrogen-bond donors (Lipinski definition) is 1. The van der Waals surface area contributed by atoms with Crippen molar-refractivity contribution in [3.8, 4) is 0 Å². The molecule has 0 aromatic heterocycles. The lowest BCUT2D eigenvalue weighted by Crippen LogP contribution is -2.40. The number of amides is 1. The molecule has 0 aromatic carbocycles. The number of nitrogens with zero attached hydrogens (tertiary/aromatic N) is 6. The average molecular weight is 304 g/mol. The van der Waals surface area contributed by atoms with E-state index in [2.05, 4.69) is 30.6 Å². The molecule has 2 aliphatic rings. The van der Waals surface area contributed by atoms with Gasteiger partial charge in [0, 0.05) is 11.8 Å². The van der Waals surface area contributed by atoms with Crippen molar-refractivity contribution in [3.05, 3.63) is 0 Å². The molecule has 1 N–H and O–H groups in total. The summed E-state index contributed by atoms with van der Waals surface area (Å²) < 4.78 is 0. The maximum atomic E-state index is 11.5. The Morgan fingerprint density at radius 2 is 2.11 bits per heavy atom. The number of carbonyl (C=O) groups excluding carboxylic acids is 1. The highest BCUT2D eigenvalue weighted by Crippen LogP contribution is 2.11. The summed E-state index contributed by atoms with van der Waals surface area (Å²) in [6.07, 6.45) is 1.28. The van der Waals surface area contributed by atoms with Crippen LogP contribution in [0.15, 0.2) is 25.3 Å². The number of amidine groups is 1. The van der Waals surface area contributed by atoms with Gasteiger partial charge in [0.05, 0.1) is 19.4 Å². The second kappa shape index (κ2) is 6.58. The van der Waals surface area contributed by atoms with Gasteiger partial charge < -0.3 is 5.32 Å². The van der Waals surface area contributed by atoms with E-state index in [4.69, 9.17) is 23.2 Å². The number of halogens is 2. The van der Waals surface area contributed by atoms with E-state index >= 15 is 0 Å². The Balaban J connectivity index is 2.03. The van der Waals surface area contributed by atoms with Crippen LogP contribution >= 0.6 is 23.2 Å². The first-order chi connectivity index (χ1) is 9.24. The van der Waals surface area contributed by atoms with Gasteiger partial charge in [0.25, 0.3) is 11.9 Å². The molecule has 0 spiro atoms. The van der Waals surface area contributed by atoms with Crippen molar-refractivity contribution in [2.45, 2.75) is 6.04 Å². The number of rotatable bonds is 5. The highest BCUT2D eigenvalue weighted by Gasteiger charge is 2.31. The number of hydrogen-bond acceptors (Lipinski definition) is 6. The molecular weight excluding hydrogens is 293 g/mol. The van der Waals surface area contributed by atoms with Crippen molar-refractivity contribution >= 4 is 47.2 Å². The number of nitrogens with one attached hydrogen (secondary N) is 1. The molecule has 8 nitrogen and oxygen atoms in total. The van der Waals surface area contributed by atoms with E-state index in [1.807, 2.05) is 0 Å². The molecule has 0 aromatic rings. The molecule has 0 fully saturated rings. The quantitative estimate of drug-likeness (QED) is 0.453. The van der Waals surface area contributed by atoms with E-state index in [0.29, 0.717) is 30.7 Å². The summed E-state index contributed by atoms with van der Waals surface area (Å²) in [7, 11) is 0. The standard InChI is InChI=1S/C9H11Cl2N7O/c10-1-3-18(4-2-11)17-16-9-14-6-7(15-9)12-5-13-8(6)19/h5-6H,1-4H2,(H,12,13,14,15,19)/b17-16+. The fourth-order valence-corrected chi connectivity index (χ4v) is 1.82. The SMILES string of the molecule is O=C1NC=NC2=NC(/N=N/N(CCCl)CCCl)=NC12. The van der Waals surface area contributed by atoms with Crippen LogP contribution in [-0.4, -0.2) is 59.9 Å². The van der Waals surface area contributed by atoms with Gasteiger partial charge in [-0.1, -0.05) is 10.3 Å². The van der Waals surface area contributed by atoms with Gasteiger partial charge in [-0.2, -0.15) is 4.99 Å². The third kappa shape index (κ3) is 3.48. The molecule has 2 aliphatic heterocycles. The first kappa shape index (κ1) is 13.9. The zero-order valence-corrected chi connectivity index (χ0v) is 11.3. The van der Waals surface area contributed by atoms with Crippen molar-refractivity contribution in [1.82, 2.24) is 10.3 Å². The zero-order valence-electron chi connectivity index (χ0n) is 9.83. The van der Waals surface area contributed by atoms with Crippen LogP contribution in [-0.2, 0) is 4.79 Å². The van der Waals surface area contributed by atoms with E-state index in [1.54, 1.807) is 5.01 Å².